The van der Waals surface area contributed by atoms with Crippen molar-refractivity contribution in [2.75, 3.05) is 40.0 Å². The van der Waals surface area contributed by atoms with E-state index in [-0.39, 0.29) is 69.4 Å². The summed E-state index contributed by atoms with van der Waals surface area (Å²) in [6.07, 6.45) is -0.245. The van der Waals surface area contributed by atoms with Crippen LogP contribution in [0.3, 0.4) is 0 Å². The molecule has 1 aliphatic heterocycles. The lowest BCUT2D eigenvalue weighted by Gasteiger charge is -2.44. The first-order chi connectivity index (χ1) is 32.7. The number of aromatic hydroxyl groups is 1. The lowest BCUT2D eigenvalue weighted by atomic mass is 9.84. The van der Waals surface area contributed by atoms with Gasteiger partial charge in [-0.05, 0) is 75.5 Å². The molecule has 0 bridgehead atoms. The third kappa shape index (κ3) is 13.7. The van der Waals surface area contributed by atoms with E-state index in [9.17, 15) is 24.9 Å². The van der Waals surface area contributed by atoms with Gasteiger partial charge >= 0.3 is 5.97 Å². The molecule has 0 saturated carbocycles. The molecule has 1 aliphatic rings. The number of rotatable bonds is 23. The number of likely N-dealkylation sites (tertiary alicyclic amines) is 1. The number of phenolic OH excluding ortho intramolecular Hbond substituents is 1. The van der Waals surface area contributed by atoms with E-state index in [1.54, 1.807) is 36.3 Å². The van der Waals surface area contributed by atoms with E-state index in [1.807, 2.05) is 110 Å². The van der Waals surface area contributed by atoms with Crippen LogP contribution in [0.15, 0.2) is 133 Å². The highest BCUT2D eigenvalue weighted by molar-refractivity contribution is 5.89. The van der Waals surface area contributed by atoms with Gasteiger partial charge in [0, 0.05) is 36.4 Å². The van der Waals surface area contributed by atoms with Gasteiger partial charge in [0.1, 0.15) is 23.4 Å². The molecule has 4 unspecified atom stereocenters. The van der Waals surface area contributed by atoms with Gasteiger partial charge in [0.05, 0.1) is 78.4 Å². The van der Waals surface area contributed by atoms with Crippen LogP contribution in [0.25, 0.3) is 10.8 Å². The number of nitrogens with zero attached hydrogens (tertiary/aromatic N) is 1. The molecule has 0 radical (unpaired) electrons. The summed E-state index contributed by atoms with van der Waals surface area (Å²) in [5.41, 5.74) is 5.71. The van der Waals surface area contributed by atoms with Gasteiger partial charge in [0.2, 0.25) is 5.91 Å². The number of hydrogen-bond donors (Lipinski definition) is 3. The van der Waals surface area contributed by atoms with Crippen LogP contribution < -0.4 is 9.47 Å². The first-order valence-corrected chi connectivity index (χ1v) is 22.9. The Labute approximate surface area is 392 Å². The minimum Gasteiger partial charge on any atom is -0.508 e. The van der Waals surface area contributed by atoms with Gasteiger partial charge in [-0.25, -0.2) is 0 Å². The van der Waals surface area contributed by atoms with Gasteiger partial charge in [-0.3, -0.25) is 9.59 Å². The maximum absolute atomic E-state index is 14.2. The maximum atomic E-state index is 14.2. The third-order valence-electron chi connectivity index (χ3n) is 12.1. The van der Waals surface area contributed by atoms with Crippen LogP contribution in [0, 0.1) is 0 Å². The summed E-state index contributed by atoms with van der Waals surface area (Å²) in [6, 6.07) is 41.7. The van der Waals surface area contributed by atoms with E-state index in [1.165, 1.54) is 0 Å². The maximum Gasteiger partial charge on any atom is 0.310 e. The van der Waals surface area contributed by atoms with Gasteiger partial charge in [-0.1, -0.05) is 110 Å². The Morgan fingerprint density at radius 1 is 0.701 bits per heavy atom. The minimum absolute atomic E-state index is 0.0744. The number of carbonyl (C=O) groups is 2. The summed E-state index contributed by atoms with van der Waals surface area (Å²) >= 11 is 0. The minimum atomic E-state index is -0.558. The van der Waals surface area contributed by atoms with Crippen molar-refractivity contribution in [2.45, 2.75) is 83.3 Å². The van der Waals surface area contributed by atoms with Gasteiger partial charge in [-0.2, -0.15) is 0 Å². The largest absolute Gasteiger partial charge is 0.508 e. The van der Waals surface area contributed by atoms with Gasteiger partial charge in [0.15, 0.2) is 0 Å². The van der Waals surface area contributed by atoms with E-state index in [0.717, 1.165) is 55.5 Å². The second kappa shape index (κ2) is 24.5. The molecule has 352 valence electrons. The molecule has 1 saturated heterocycles. The summed E-state index contributed by atoms with van der Waals surface area (Å²) in [5.74, 6) is 0.811. The van der Waals surface area contributed by atoms with Crippen molar-refractivity contribution in [3.05, 3.63) is 172 Å². The Kier molecular flexibility index (Phi) is 17.8. The molecule has 1 amide bonds. The van der Waals surface area contributed by atoms with E-state index in [0.29, 0.717) is 45.0 Å². The fourth-order valence-corrected chi connectivity index (χ4v) is 8.34. The van der Waals surface area contributed by atoms with Gasteiger partial charge in [0.25, 0.3) is 0 Å². The van der Waals surface area contributed by atoms with Gasteiger partial charge in [-0.15, -0.1) is 0 Å². The summed E-state index contributed by atoms with van der Waals surface area (Å²) in [7, 11) is 1.65. The normalized spacial score (nSPS) is 16.4. The van der Waals surface area contributed by atoms with Crippen LogP contribution >= 0.6 is 0 Å². The highest BCUT2D eigenvalue weighted by atomic mass is 16.6. The van der Waals surface area contributed by atoms with Crippen LogP contribution in [0.5, 0.6) is 17.2 Å². The average molecular weight is 912 g/mol. The van der Waals surface area contributed by atoms with Crippen molar-refractivity contribution in [1.82, 2.24) is 4.90 Å². The third-order valence-corrected chi connectivity index (χ3v) is 12.1. The van der Waals surface area contributed by atoms with Crippen LogP contribution in [-0.2, 0) is 67.8 Å². The standard InChI is InChI=1S/C55H61NO11/c1-3-46(67-54(61)30-39-15-19-41(34-58)20-16-39)37-66-52-32-56(53(60)29-38-13-17-40(33-57)18-14-38)31-51(65-35-42-27-44-9-4-6-11-48(44)50(28-42)62-2)55(52)43-21-23-47(24-22-43)64-26-8-25-63-36-45-10-5-7-12-49(45)59/h4-7,9-24,27-28,46,51-52,55,57-59H,3,8,25-26,29-37H2,1-2H3. The van der Waals surface area contributed by atoms with Crippen LogP contribution in [0.4, 0.5) is 0 Å². The molecule has 0 aliphatic carbocycles. The molecule has 6 aromatic carbocycles. The fourth-order valence-electron chi connectivity index (χ4n) is 8.34. The highest BCUT2D eigenvalue weighted by Crippen LogP contribution is 2.36. The summed E-state index contributed by atoms with van der Waals surface area (Å²) < 4.78 is 37.4. The topological polar surface area (TPSA) is 153 Å². The van der Waals surface area contributed by atoms with Crippen LogP contribution in [-0.4, -0.2) is 90.4 Å². The molecule has 3 N–H and O–H groups in total. The second-order valence-electron chi connectivity index (χ2n) is 16.8. The lowest BCUT2D eigenvalue weighted by molar-refractivity contribution is -0.158. The number of methoxy groups -OCH3 is 1. The molecule has 7 rings (SSSR count). The molecule has 1 fully saturated rings. The molecule has 4 atom stereocenters. The molecule has 1 heterocycles. The van der Waals surface area contributed by atoms with Gasteiger partial charge < -0.3 is 48.6 Å². The van der Waals surface area contributed by atoms with Crippen molar-refractivity contribution in [2.24, 2.45) is 0 Å². The zero-order chi connectivity index (χ0) is 47.0. The zero-order valence-electron chi connectivity index (χ0n) is 38.3. The lowest BCUT2D eigenvalue weighted by Crippen LogP contribution is -2.55. The number of aliphatic hydroxyl groups excluding tert-OH is 2. The highest BCUT2D eigenvalue weighted by Gasteiger charge is 2.41. The van der Waals surface area contributed by atoms with Crippen LogP contribution in [0.1, 0.15) is 64.6 Å². The van der Waals surface area contributed by atoms with Crippen molar-refractivity contribution in [3.63, 3.8) is 0 Å². The van der Waals surface area contributed by atoms with Crippen molar-refractivity contribution < 1.29 is 53.3 Å². The molecule has 67 heavy (non-hydrogen) atoms. The first-order valence-electron chi connectivity index (χ1n) is 22.9. The smallest absolute Gasteiger partial charge is 0.310 e. The Morgan fingerprint density at radius 2 is 1.34 bits per heavy atom. The fraction of sp³-hybridized carbons (Fsp3) is 0.345. The summed E-state index contributed by atoms with van der Waals surface area (Å²) in [4.78, 5) is 29.2. The molecule has 0 spiro atoms. The van der Waals surface area contributed by atoms with Crippen LogP contribution in [0.2, 0.25) is 0 Å². The molecule has 6 aromatic rings. The summed E-state index contributed by atoms with van der Waals surface area (Å²) in [6.45, 7) is 3.88. The molecule has 12 nitrogen and oxygen atoms in total. The summed E-state index contributed by atoms with van der Waals surface area (Å²) in [5, 5.41) is 31.1. The van der Waals surface area contributed by atoms with E-state index in [4.69, 9.17) is 28.4 Å². The van der Waals surface area contributed by atoms with E-state index < -0.39 is 18.3 Å². The Morgan fingerprint density at radius 3 is 2.01 bits per heavy atom. The molecule has 0 aromatic heterocycles. The zero-order valence-corrected chi connectivity index (χ0v) is 38.3. The number of hydrogen-bond acceptors (Lipinski definition) is 11. The monoisotopic (exact) mass is 911 g/mol. The van der Waals surface area contributed by atoms with Crippen molar-refractivity contribution >= 4 is 22.6 Å². The number of benzene rings is 6. The second-order valence-corrected chi connectivity index (χ2v) is 16.8. The number of fused-ring (bicyclic) bond motifs is 1. The van der Waals surface area contributed by atoms with Crippen molar-refractivity contribution in [1.29, 1.82) is 0 Å². The number of amides is 1. The van der Waals surface area contributed by atoms with E-state index in [2.05, 4.69) is 6.07 Å². The number of esters is 1. The average Bonchev–Trinajstić information content (AvgIpc) is 3.36. The number of aliphatic hydroxyl groups is 2. The number of phenols is 1. The van der Waals surface area contributed by atoms with Crippen molar-refractivity contribution in [3.8, 4) is 17.2 Å². The predicted octanol–water partition coefficient (Wildman–Crippen LogP) is 8.23. The van der Waals surface area contributed by atoms with E-state index >= 15 is 0 Å². The Bertz CT molecular complexity index is 2490. The predicted molar refractivity (Wildman–Crippen MR) is 255 cm³/mol. The molecule has 12 heteroatoms. The number of carbonyl (C=O) groups excluding carboxylic acids is 2. The quantitative estimate of drug-likeness (QED) is 0.0421. The Balaban J connectivity index is 1.11. The molecular weight excluding hydrogens is 851 g/mol. The number of piperidine rings is 1. The SMILES string of the molecule is CCC(COC1CN(C(=O)Cc2ccc(CO)cc2)CC(OCc2cc(OC)c3ccccc3c2)C1c1ccc(OCCCOCc2ccccc2O)cc1)OC(=O)Cc1ccc(CO)cc1. The number of ether oxygens (including phenoxy) is 6. The number of para-hydroxylation sites is 1. The molecular formula is C55H61NO11. The first kappa shape index (κ1) is 48.6. The Hall–Kier alpha value is -6.28.